The summed E-state index contributed by atoms with van der Waals surface area (Å²) in [5.74, 6) is 0. The van der Waals surface area contributed by atoms with Gasteiger partial charge in [-0.1, -0.05) is 6.42 Å². The van der Waals surface area contributed by atoms with Crippen LogP contribution in [0.3, 0.4) is 0 Å². The number of hydrogen-bond acceptors (Lipinski definition) is 3. The lowest BCUT2D eigenvalue weighted by atomic mass is 9.90. The number of nitrogens with zero attached hydrogens (tertiary/aromatic N) is 1. The van der Waals surface area contributed by atoms with Crippen molar-refractivity contribution in [2.45, 2.75) is 56.7 Å². The number of hydrogen-bond donors (Lipinski definition) is 2. The first-order valence-corrected chi connectivity index (χ1v) is 5.93. The van der Waals surface area contributed by atoms with Gasteiger partial charge in [0.2, 0.25) is 0 Å². The standard InChI is InChI=1S/C11H22N2O/c12-9-3-1-4-10(7-9)13-6-2-5-11(13)8-14/h9-11,14H,1-8,12H2. The highest BCUT2D eigenvalue weighted by atomic mass is 16.3. The molecular weight excluding hydrogens is 176 g/mol. The molecule has 3 nitrogen and oxygen atoms in total. The third-order valence-electron chi connectivity index (χ3n) is 3.79. The molecule has 0 aromatic rings. The lowest BCUT2D eigenvalue weighted by Gasteiger charge is -2.37. The van der Waals surface area contributed by atoms with Crippen molar-refractivity contribution in [1.82, 2.24) is 4.90 Å². The van der Waals surface area contributed by atoms with Crippen LogP contribution in [0, 0.1) is 0 Å². The fraction of sp³-hybridized carbons (Fsp3) is 1.00. The van der Waals surface area contributed by atoms with E-state index in [1.165, 1.54) is 38.6 Å². The van der Waals surface area contributed by atoms with Crippen molar-refractivity contribution in [2.75, 3.05) is 13.2 Å². The summed E-state index contributed by atoms with van der Waals surface area (Å²) < 4.78 is 0. The van der Waals surface area contributed by atoms with Crippen molar-refractivity contribution in [3.63, 3.8) is 0 Å². The first-order valence-electron chi connectivity index (χ1n) is 5.93. The Hall–Kier alpha value is -0.120. The van der Waals surface area contributed by atoms with Gasteiger partial charge in [0, 0.05) is 18.1 Å². The summed E-state index contributed by atoms with van der Waals surface area (Å²) in [6.45, 7) is 1.49. The molecule has 3 unspecified atom stereocenters. The zero-order valence-corrected chi connectivity index (χ0v) is 8.86. The van der Waals surface area contributed by atoms with Crippen LogP contribution in [0.4, 0.5) is 0 Å². The normalized spacial score (nSPS) is 40.3. The van der Waals surface area contributed by atoms with E-state index in [-0.39, 0.29) is 0 Å². The summed E-state index contributed by atoms with van der Waals surface area (Å²) in [6, 6.07) is 1.47. The Morgan fingerprint density at radius 3 is 2.79 bits per heavy atom. The van der Waals surface area contributed by atoms with Crippen molar-refractivity contribution in [1.29, 1.82) is 0 Å². The Kier molecular flexibility index (Phi) is 3.42. The molecule has 0 bridgehead atoms. The number of likely N-dealkylation sites (tertiary alicyclic amines) is 1. The Morgan fingerprint density at radius 1 is 1.21 bits per heavy atom. The van der Waals surface area contributed by atoms with Crippen LogP contribution in [-0.4, -0.2) is 41.3 Å². The molecule has 1 aliphatic heterocycles. The molecule has 0 aromatic carbocycles. The molecule has 3 heteroatoms. The highest BCUT2D eigenvalue weighted by Gasteiger charge is 2.32. The first kappa shape index (κ1) is 10.4. The largest absolute Gasteiger partial charge is 0.395 e. The maximum atomic E-state index is 9.26. The van der Waals surface area contributed by atoms with Gasteiger partial charge in [-0.25, -0.2) is 0 Å². The number of aliphatic hydroxyl groups excluding tert-OH is 1. The molecule has 2 aliphatic rings. The topological polar surface area (TPSA) is 49.5 Å². The third kappa shape index (κ3) is 2.10. The molecule has 14 heavy (non-hydrogen) atoms. The van der Waals surface area contributed by atoms with Crippen LogP contribution in [0.15, 0.2) is 0 Å². The fourth-order valence-corrected chi connectivity index (χ4v) is 3.04. The Bertz CT molecular complexity index is 186. The van der Waals surface area contributed by atoms with E-state index >= 15 is 0 Å². The van der Waals surface area contributed by atoms with E-state index in [0.717, 1.165) is 6.42 Å². The molecule has 3 atom stereocenters. The highest BCUT2D eigenvalue weighted by molar-refractivity contribution is 4.88. The molecule has 1 saturated heterocycles. The molecule has 1 aliphatic carbocycles. The smallest absolute Gasteiger partial charge is 0.0586 e. The molecule has 0 radical (unpaired) electrons. The van der Waals surface area contributed by atoms with Crippen molar-refractivity contribution in [3.05, 3.63) is 0 Å². The van der Waals surface area contributed by atoms with E-state index in [9.17, 15) is 5.11 Å². The molecule has 3 N–H and O–H groups in total. The Balaban J connectivity index is 1.92. The maximum Gasteiger partial charge on any atom is 0.0586 e. The van der Waals surface area contributed by atoms with E-state index in [1.54, 1.807) is 0 Å². The van der Waals surface area contributed by atoms with Gasteiger partial charge in [0.1, 0.15) is 0 Å². The minimum atomic E-state index is 0.325. The number of aliphatic hydroxyl groups is 1. The van der Waals surface area contributed by atoms with Gasteiger partial charge in [-0.2, -0.15) is 0 Å². The van der Waals surface area contributed by atoms with Crippen molar-refractivity contribution in [2.24, 2.45) is 5.73 Å². The summed E-state index contributed by atoms with van der Waals surface area (Å²) >= 11 is 0. The van der Waals surface area contributed by atoms with Gasteiger partial charge in [-0.15, -0.1) is 0 Å². The summed E-state index contributed by atoms with van der Waals surface area (Å²) in [5, 5.41) is 9.26. The Labute approximate surface area is 86.3 Å². The maximum absolute atomic E-state index is 9.26. The van der Waals surface area contributed by atoms with Gasteiger partial charge < -0.3 is 10.8 Å². The molecule has 82 valence electrons. The van der Waals surface area contributed by atoms with Gasteiger partial charge >= 0.3 is 0 Å². The van der Waals surface area contributed by atoms with Crippen LogP contribution >= 0.6 is 0 Å². The van der Waals surface area contributed by atoms with E-state index in [2.05, 4.69) is 4.90 Å². The lowest BCUT2D eigenvalue weighted by Crippen LogP contribution is -2.45. The van der Waals surface area contributed by atoms with Crippen molar-refractivity contribution in [3.8, 4) is 0 Å². The SMILES string of the molecule is NC1CCCC(N2CCCC2CO)C1. The minimum Gasteiger partial charge on any atom is -0.395 e. The molecular formula is C11H22N2O. The number of rotatable bonds is 2. The van der Waals surface area contributed by atoms with Gasteiger partial charge in [0.25, 0.3) is 0 Å². The van der Waals surface area contributed by atoms with Crippen molar-refractivity contribution >= 4 is 0 Å². The minimum absolute atomic E-state index is 0.325. The molecule has 0 spiro atoms. The van der Waals surface area contributed by atoms with Gasteiger partial charge in [0.15, 0.2) is 0 Å². The third-order valence-corrected chi connectivity index (χ3v) is 3.79. The van der Waals surface area contributed by atoms with Gasteiger partial charge in [-0.05, 0) is 38.6 Å². The van der Waals surface area contributed by atoms with Crippen molar-refractivity contribution < 1.29 is 5.11 Å². The van der Waals surface area contributed by atoms with Gasteiger partial charge in [-0.3, -0.25) is 4.90 Å². The van der Waals surface area contributed by atoms with Crippen LogP contribution in [0.1, 0.15) is 38.5 Å². The zero-order chi connectivity index (χ0) is 9.97. The first-order chi connectivity index (χ1) is 6.81. The summed E-state index contributed by atoms with van der Waals surface area (Å²) in [7, 11) is 0. The molecule has 2 fully saturated rings. The average molecular weight is 198 g/mol. The van der Waals surface area contributed by atoms with Crippen LogP contribution in [0.2, 0.25) is 0 Å². The molecule has 0 amide bonds. The molecule has 0 aromatic heterocycles. The molecule has 2 rings (SSSR count). The van der Waals surface area contributed by atoms with Crippen LogP contribution in [0.5, 0.6) is 0 Å². The van der Waals surface area contributed by atoms with E-state index < -0.39 is 0 Å². The van der Waals surface area contributed by atoms with Crippen LogP contribution in [0.25, 0.3) is 0 Å². The Morgan fingerprint density at radius 2 is 2.07 bits per heavy atom. The second kappa shape index (κ2) is 4.60. The highest BCUT2D eigenvalue weighted by Crippen LogP contribution is 2.28. The van der Waals surface area contributed by atoms with Crippen LogP contribution in [-0.2, 0) is 0 Å². The van der Waals surface area contributed by atoms with E-state index in [1.807, 2.05) is 0 Å². The summed E-state index contributed by atoms with van der Waals surface area (Å²) in [6.07, 6.45) is 7.29. The molecule has 1 saturated carbocycles. The average Bonchev–Trinajstić information content (AvgIpc) is 2.65. The van der Waals surface area contributed by atoms with E-state index in [0.29, 0.717) is 24.7 Å². The summed E-state index contributed by atoms with van der Waals surface area (Å²) in [5.41, 5.74) is 5.99. The predicted molar refractivity (Wildman–Crippen MR) is 57.0 cm³/mol. The number of nitrogens with two attached hydrogens (primary N) is 1. The zero-order valence-electron chi connectivity index (χ0n) is 8.86. The van der Waals surface area contributed by atoms with E-state index in [4.69, 9.17) is 5.73 Å². The lowest BCUT2D eigenvalue weighted by molar-refractivity contribution is 0.0934. The molecule has 1 heterocycles. The second-order valence-electron chi connectivity index (χ2n) is 4.80. The van der Waals surface area contributed by atoms with Crippen LogP contribution < -0.4 is 5.73 Å². The monoisotopic (exact) mass is 198 g/mol. The van der Waals surface area contributed by atoms with Gasteiger partial charge in [0.05, 0.1) is 6.61 Å². The second-order valence-corrected chi connectivity index (χ2v) is 4.80. The quantitative estimate of drug-likeness (QED) is 0.687. The fourth-order valence-electron chi connectivity index (χ4n) is 3.04. The predicted octanol–water partition coefficient (Wildman–Crippen LogP) is 0.713. The summed E-state index contributed by atoms with van der Waals surface area (Å²) in [4.78, 5) is 2.50.